The average Bonchev–Trinajstić information content (AvgIpc) is 3.09. The lowest BCUT2D eigenvalue weighted by atomic mass is 10.1. The Morgan fingerprint density at radius 3 is 2.64 bits per heavy atom. The third kappa shape index (κ3) is 3.10. The molecule has 2 aromatic carbocycles. The van der Waals surface area contributed by atoms with Gasteiger partial charge in [0.25, 0.3) is 0 Å². The highest BCUT2D eigenvalue weighted by Gasteiger charge is 2.17. The molecule has 5 nitrogen and oxygen atoms in total. The maximum absolute atomic E-state index is 6.43. The minimum atomic E-state index is 0.251. The van der Waals surface area contributed by atoms with E-state index in [9.17, 15) is 0 Å². The molecule has 0 saturated heterocycles. The van der Waals surface area contributed by atoms with E-state index in [1.54, 1.807) is 7.11 Å². The number of fused-ring (bicyclic) bond motifs is 1. The van der Waals surface area contributed by atoms with Crippen molar-refractivity contribution >= 4 is 11.6 Å². The standard InChI is InChI=1S/C19H15ClN2O3/c1-23-19-17(13-5-3-2-4-6-13)18(20)21-16(22-19)10-12-7-8-14-15(9-12)25-11-24-14/h2-9H,10-11H2,1H3. The van der Waals surface area contributed by atoms with Crippen molar-refractivity contribution in [2.45, 2.75) is 6.42 Å². The molecule has 0 aliphatic carbocycles. The van der Waals surface area contributed by atoms with Gasteiger partial charge in [-0.1, -0.05) is 48.0 Å². The lowest BCUT2D eigenvalue weighted by Gasteiger charge is -2.11. The van der Waals surface area contributed by atoms with Crippen LogP contribution in [0.5, 0.6) is 17.4 Å². The van der Waals surface area contributed by atoms with E-state index in [-0.39, 0.29) is 6.79 Å². The second-order valence-corrected chi connectivity index (χ2v) is 5.90. The predicted octanol–water partition coefficient (Wildman–Crippen LogP) is 4.13. The number of benzene rings is 2. The third-order valence-electron chi connectivity index (χ3n) is 3.93. The van der Waals surface area contributed by atoms with Gasteiger partial charge in [0.15, 0.2) is 11.5 Å². The molecule has 0 unspecified atom stereocenters. The summed E-state index contributed by atoms with van der Waals surface area (Å²) in [5.41, 5.74) is 2.62. The molecule has 1 aliphatic rings. The molecule has 6 heteroatoms. The second kappa shape index (κ2) is 6.61. The molecule has 0 N–H and O–H groups in total. The van der Waals surface area contributed by atoms with Gasteiger partial charge in [-0.05, 0) is 23.3 Å². The quantitative estimate of drug-likeness (QED) is 0.659. The van der Waals surface area contributed by atoms with Crippen LogP contribution in [0.3, 0.4) is 0 Å². The van der Waals surface area contributed by atoms with E-state index < -0.39 is 0 Å². The first-order valence-electron chi connectivity index (χ1n) is 7.79. The van der Waals surface area contributed by atoms with Crippen LogP contribution in [0.25, 0.3) is 11.1 Å². The summed E-state index contributed by atoms with van der Waals surface area (Å²) in [6.45, 7) is 0.251. The highest BCUT2D eigenvalue weighted by molar-refractivity contribution is 6.32. The Morgan fingerprint density at radius 2 is 1.84 bits per heavy atom. The van der Waals surface area contributed by atoms with Crippen LogP contribution in [0, 0.1) is 0 Å². The van der Waals surface area contributed by atoms with Crippen molar-refractivity contribution in [2.24, 2.45) is 0 Å². The van der Waals surface area contributed by atoms with Crippen molar-refractivity contribution < 1.29 is 14.2 Å². The van der Waals surface area contributed by atoms with Crippen molar-refractivity contribution in [3.63, 3.8) is 0 Å². The zero-order valence-corrected chi connectivity index (χ0v) is 14.3. The van der Waals surface area contributed by atoms with Gasteiger partial charge >= 0.3 is 0 Å². The Kier molecular flexibility index (Phi) is 4.15. The number of methoxy groups -OCH3 is 1. The van der Waals surface area contributed by atoms with E-state index in [2.05, 4.69) is 9.97 Å². The first-order chi connectivity index (χ1) is 12.2. The van der Waals surface area contributed by atoms with Gasteiger partial charge in [0.05, 0.1) is 12.7 Å². The fourth-order valence-corrected chi connectivity index (χ4v) is 3.05. The second-order valence-electron chi connectivity index (χ2n) is 5.55. The number of hydrogen-bond donors (Lipinski definition) is 0. The number of ether oxygens (including phenoxy) is 3. The summed E-state index contributed by atoms with van der Waals surface area (Å²) in [7, 11) is 1.58. The first-order valence-corrected chi connectivity index (χ1v) is 8.17. The van der Waals surface area contributed by atoms with Crippen molar-refractivity contribution in [3.05, 3.63) is 65.1 Å². The maximum atomic E-state index is 6.43. The summed E-state index contributed by atoms with van der Waals surface area (Å²) in [5.74, 6) is 2.53. The molecule has 126 valence electrons. The molecule has 0 atom stereocenters. The number of aromatic nitrogens is 2. The number of nitrogens with zero attached hydrogens (tertiary/aromatic N) is 2. The summed E-state index contributed by atoms with van der Waals surface area (Å²) in [4.78, 5) is 8.98. The molecule has 0 spiro atoms. The fraction of sp³-hybridized carbons (Fsp3) is 0.158. The summed E-state index contributed by atoms with van der Waals surface area (Å²) < 4.78 is 16.2. The van der Waals surface area contributed by atoms with Gasteiger partial charge in [-0.2, -0.15) is 4.98 Å². The topological polar surface area (TPSA) is 53.5 Å². The van der Waals surface area contributed by atoms with E-state index in [0.29, 0.717) is 28.8 Å². The first kappa shape index (κ1) is 15.7. The van der Waals surface area contributed by atoms with Gasteiger partial charge in [0, 0.05) is 6.42 Å². The van der Waals surface area contributed by atoms with E-state index in [1.807, 2.05) is 48.5 Å². The molecule has 0 bridgehead atoms. The molecule has 0 amide bonds. The van der Waals surface area contributed by atoms with Gasteiger partial charge < -0.3 is 14.2 Å². The average molecular weight is 355 g/mol. The Balaban J connectivity index is 1.68. The minimum absolute atomic E-state index is 0.251. The van der Waals surface area contributed by atoms with Crippen molar-refractivity contribution in [3.8, 4) is 28.5 Å². The summed E-state index contributed by atoms with van der Waals surface area (Å²) in [5, 5.41) is 0.369. The molecule has 3 aromatic rings. The van der Waals surface area contributed by atoms with Crippen LogP contribution < -0.4 is 14.2 Å². The minimum Gasteiger partial charge on any atom is -0.480 e. The molecule has 2 heterocycles. The Bertz CT molecular complexity index is 916. The molecular weight excluding hydrogens is 340 g/mol. The van der Waals surface area contributed by atoms with E-state index >= 15 is 0 Å². The lowest BCUT2D eigenvalue weighted by Crippen LogP contribution is -2.02. The Labute approximate surface area is 150 Å². The van der Waals surface area contributed by atoms with Gasteiger partial charge in [-0.25, -0.2) is 4.98 Å². The van der Waals surface area contributed by atoms with Crippen LogP contribution in [0.4, 0.5) is 0 Å². The fourth-order valence-electron chi connectivity index (χ4n) is 2.76. The van der Waals surface area contributed by atoms with Gasteiger partial charge in [-0.3, -0.25) is 0 Å². The molecule has 0 radical (unpaired) electrons. The summed E-state index contributed by atoms with van der Waals surface area (Å²) in [6.07, 6.45) is 0.516. The predicted molar refractivity (Wildman–Crippen MR) is 94.4 cm³/mol. The molecule has 1 aromatic heterocycles. The zero-order valence-electron chi connectivity index (χ0n) is 13.5. The van der Waals surface area contributed by atoms with Gasteiger partial charge in [0.1, 0.15) is 11.0 Å². The highest BCUT2D eigenvalue weighted by Crippen LogP contribution is 2.35. The SMILES string of the molecule is COc1nc(Cc2ccc3c(c2)OCO3)nc(Cl)c1-c1ccccc1. The maximum Gasteiger partial charge on any atom is 0.231 e. The van der Waals surface area contributed by atoms with Gasteiger partial charge in [-0.15, -0.1) is 0 Å². The third-order valence-corrected chi connectivity index (χ3v) is 4.21. The summed E-state index contributed by atoms with van der Waals surface area (Å²) >= 11 is 6.43. The van der Waals surface area contributed by atoms with Crippen LogP contribution in [0.2, 0.25) is 5.15 Å². The Hall–Kier alpha value is -2.79. The van der Waals surface area contributed by atoms with Crippen LogP contribution in [0.15, 0.2) is 48.5 Å². The van der Waals surface area contributed by atoms with Crippen LogP contribution in [-0.4, -0.2) is 23.9 Å². The normalized spacial score (nSPS) is 12.2. The largest absolute Gasteiger partial charge is 0.480 e. The van der Waals surface area contributed by atoms with Crippen LogP contribution in [0.1, 0.15) is 11.4 Å². The van der Waals surface area contributed by atoms with Crippen LogP contribution in [-0.2, 0) is 6.42 Å². The molecule has 25 heavy (non-hydrogen) atoms. The molecule has 0 saturated carbocycles. The van der Waals surface area contributed by atoms with Crippen LogP contribution >= 0.6 is 11.6 Å². The van der Waals surface area contributed by atoms with E-state index in [0.717, 1.165) is 22.6 Å². The lowest BCUT2D eigenvalue weighted by molar-refractivity contribution is 0.174. The van der Waals surface area contributed by atoms with E-state index in [4.69, 9.17) is 25.8 Å². The van der Waals surface area contributed by atoms with E-state index in [1.165, 1.54) is 0 Å². The highest BCUT2D eigenvalue weighted by atomic mass is 35.5. The smallest absolute Gasteiger partial charge is 0.231 e. The van der Waals surface area contributed by atoms with Crippen molar-refractivity contribution in [1.82, 2.24) is 9.97 Å². The number of halogens is 1. The van der Waals surface area contributed by atoms with Crippen molar-refractivity contribution in [2.75, 3.05) is 13.9 Å². The van der Waals surface area contributed by atoms with Gasteiger partial charge in [0.2, 0.25) is 12.7 Å². The number of hydrogen-bond acceptors (Lipinski definition) is 5. The Morgan fingerprint density at radius 1 is 1.04 bits per heavy atom. The van der Waals surface area contributed by atoms with Crippen molar-refractivity contribution in [1.29, 1.82) is 0 Å². The molecule has 1 aliphatic heterocycles. The monoisotopic (exact) mass is 354 g/mol. The molecule has 0 fully saturated rings. The molecule has 4 rings (SSSR count). The summed E-state index contributed by atoms with van der Waals surface area (Å²) in [6, 6.07) is 15.5. The molecular formula is C19H15ClN2O3. The zero-order chi connectivity index (χ0) is 17.2. The number of rotatable bonds is 4.